The highest BCUT2D eigenvalue weighted by Crippen LogP contribution is 2.24. The Morgan fingerprint density at radius 3 is 2.57 bits per heavy atom. The van der Waals surface area contributed by atoms with Gasteiger partial charge in [-0.1, -0.05) is 39.0 Å². The number of carbonyl (C=O) groups excluding carboxylic acids is 1. The quantitative estimate of drug-likeness (QED) is 0.865. The number of carbonyl (C=O) groups is 1. The molecule has 1 aromatic carbocycles. The van der Waals surface area contributed by atoms with Crippen LogP contribution < -0.4 is 4.74 Å². The molecule has 2 rings (SSSR count). The van der Waals surface area contributed by atoms with Crippen LogP contribution in [0.25, 0.3) is 0 Å². The van der Waals surface area contributed by atoms with E-state index in [1.165, 1.54) is 17.1 Å². The summed E-state index contributed by atoms with van der Waals surface area (Å²) in [5, 5.41) is 0. The zero-order valence-corrected chi connectivity index (χ0v) is 12.5. The third kappa shape index (κ3) is 4.34. The van der Waals surface area contributed by atoms with E-state index >= 15 is 0 Å². The third-order valence-corrected chi connectivity index (χ3v) is 3.07. The summed E-state index contributed by atoms with van der Waals surface area (Å²) in [6, 6.07) is 9.47. The standard InChI is InChI=1S/C16H20N2O3/c1-16(2,3)14(11-20-13-7-5-4-6-8-13)21-15(19)18-10-9-17-12-18/h4-10,12,14H,11H2,1-3H3. The van der Waals surface area contributed by atoms with E-state index in [9.17, 15) is 4.79 Å². The fourth-order valence-corrected chi connectivity index (χ4v) is 1.70. The minimum Gasteiger partial charge on any atom is -0.490 e. The second-order valence-electron chi connectivity index (χ2n) is 5.83. The average molecular weight is 288 g/mol. The van der Waals surface area contributed by atoms with Crippen LogP contribution in [-0.2, 0) is 4.74 Å². The van der Waals surface area contributed by atoms with Gasteiger partial charge < -0.3 is 9.47 Å². The molecule has 5 nitrogen and oxygen atoms in total. The Hall–Kier alpha value is -2.30. The highest BCUT2D eigenvalue weighted by atomic mass is 16.6. The van der Waals surface area contributed by atoms with Gasteiger partial charge in [-0.2, -0.15) is 0 Å². The molecule has 1 unspecified atom stereocenters. The van der Waals surface area contributed by atoms with Crippen LogP contribution in [-0.4, -0.2) is 28.4 Å². The van der Waals surface area contributed by atoms with E-state index in [-0.39, 0.29) is 11.5 Å². The van der Waals surface area contributed by atoms with E-state index in [1.807, 2.05) is 51.1 Å². The van der Waals surface area contributed by atoms with Crippen LogP contribution in [0.3, 0.4) is 0 Å². The first-order chi connectivity index (χ1) is 9.97. The molecular formula is C16H20N2O3. The molecule has 0 saturated carbocycles. The number of para-hydroxylation sites is 1. The maximum atomic E-state index is 12.0. The highest BCUT2D eigenvalue weighted by Gasteiger charge is 2.29. The Morgan fingerprint density at radius 2 is 2.00 bits per heavy atom. The van der Waals surface area contributed by atoms with Gasteiger partial charge in [-0.05, 0) is 12.1 Å². The second kappa shape index (κ2) is 6.43. The van der Waals surface area contributed by atoms with Crippen LogP contribution in [0.2, 0.25) is 0 Å². The smallest absolute Gasteiger partial charge is 0.419 e. The van der Waals surface area contributed by atoms with Gasteiger partial charge in [0.05, 0.1) is 0 Å². The Balaban J connectivity index is 2.00. The van der Waals surface area contributed by atoms with Crippen LogP contribution in [0.15, 0.2) is 49.1 Å². The molecule has 5 heteroatoms. The molecule has 1 atom stereocenters. The fraction of sp³-hybridized carbons (Fsp3) is 0.375. The Kier molecular flexibility index (Phi) is 4.62. The highest BCUT2D eigenvalue weighted by molar-refractivity contribution is 5.70. The van der Waals surface area contributed by atoms with Gasteiger partial charge >= 0.3 is 6.09 Å². The molecule has 0 bridgehead atoms. The minimum absolute atomic E-state index is 0.231. The van der Waals surface area contributed by atoms with Crippen LogP contribution in [0.1, 0.15) is 20.8 Å². The predicted molar refractivity (Wildman–Crippen MR) is 79.3 cm³/mol. The monoisotopic (exact) mass is 288 g/mol. The molecule has 0 fully saturated rings. The lowest BCUT2D eigenvalue weighted by atomic mass is 9.89. The summed E-state index contributed by atoms with van der Waals surface area (Å²) in [7, 11) is 0. The molecule has 1 heterocycles. The topological polar surface area (TPSA) is 53.4 Å². The zero-order valence-electron chi connectivity index (χ0n) is 12.5. The molecule has 0 amide bonds. The van der Waals surface area contributed by atoms with Gasteiger partial charge in [0.25, 0.3) is 0 Å². The first-order valence-electron chi connectivity index (χ1n) is 6.83. The van der Waals surface area contributed by atoms with Crippen LogP contribution in [0.5, 0.6) is 5.75 Å². The van der Waals surface area contributed by atoms with Crippen molar-refractivity contribution < 1.29 is 14.3 Å². The molecular weight excluding hydrogens is 268 g/mol. The maximum Gasteiger partial charge on any atom is 0.419 e. The summed E-state index contributed by atoms with van der Waals surface area (Å²) >= 11 is 0. The molecule has 0 aliphatic rings. The number of rotatable bonds is 4. The van der Waals surface area contributed by atoms with E-state index in [1.54, 1.807) is 6.20 Å². The number of benzene rings is 1. The summed E-state index contributed by atoms with van der Waals surface area (Å²) < 4.78 is 12.6. The number of hydrogen-bond acceptors (Lipinski definition) is 4. The average Bonchev–Trinajstić information content (AvgIpc) is 2.97. The third-order valence-electron chi connectivity index (χ3n) is 3.07. The van der Waals surface area contributed by atoms with Gasteiger partial charge in [0.2, 0.25) is 0 Å². The number of imidazole rings is 1. The Bertz CT molecular complexity index is 559. The molecule has 0 saturated heterocycles. The van der Waals surface area contributed by atoms with E-state index in [4.69, 9.17) is 9.47 Å². The van der Waals surface area contributed by atoms with Crippen molar-refractivity contribution in [2.45, 2.75) is 26.9 Å². The molecule has 0 N–H and O–H groups in total. The van der Waals surface area contributed by atoms with Crippen LogP contribution in [0, 0.1) is 5.41 Å². The van der Waals surface area contributed by atoms with Gasteiger partial charge in [-0.15, -0.1) is 0 Å². The minimum atomic E-state index is -0.455. The number of nitrogens with zero attached hydrogens (tertiary/aromatic N) is 2. The van der Waals surface area contributed by atoms with Gasteiger partial charge in [-0.25, -0.2) is 14.3 Å². The van der Waals surface area contributed by atoms with Crippen molar-refractivity contribution in [3.8, 4) is 5.75 Å². The summed E-state index contributed by atoms with van der Waals surface area (Å²) in [5.41, 5.74) is -0.231. The molecule has 2 aromatic rings. The van der Waals surface area contributed by atoms with Gasteiger partial charge in [0.1, 0.15) is 24.8 Å². The van der Waals surface area contributed by atoms with Gasteiger partial charge in [0, 0.05) is 17.8 Å². The van der Waals surface area contributed by atoms with Crippen molar-refractivity contribution in [2.75, 3.05) is 6.61 Å². The normalized spacial score (nSPS) is 12.7. The molecule has 1 aromatic heterocycles. The molecule has 0 radical (unpaired) electrons. The zero-order chi connectivity index (χ0) is 15.3. The van der Waals surface area contributed by atoms with Crippen molar-refractivity contribution in [1.82, 2.24) is 9.55 Å². The molecule has 21 heavy (non-hydrogen) atoms. The van der Waals surface area contributed by atoms with Crippen molar-refractivity contribution in [3.05, 3.63) is 49.1 Å². The number of aromatic nitrogens is 2. The second-order valence-corrected chi connectivity index (χ2v) is 5.83. The van der Waals surface area contributed by atoms with Crippen molar-refractivity contribution in [1.29, 1.82) is 0 Å². The van der Waals surface area contributed by atoms with E-state index in [0.717, 1.165) is 5.75 Å². The number of ether oxygens (including phenoxy) is 2. The molecule has 0 aliphatic heterocycles. The Labute approximate surface area is 124 Å². The van der Waals surface area contributed by atoms with E-state index in [2.05, 4.69) is 4.98 Å². The van der Waals surface area contributed by atoms with Gasteiger partial charge in [0.15, 0.2) is 0 Å². The first-order valence-corrected chi connectivity index (χ1v) is 6.83. The predicted octanol–water partition coefficient (Wildman–Crippen LogP) is 3.36. The van der Waals surface area contributed by atoms with Crippen molar-refractivity contribution >= 4 is 6.09 Å². The summed E-state index contributed by atoms with van der Waals surface area (Å²) in [6.07, 6.45) is 3.69. The molecule has 0 spiro atoms. The maximum absolute atomic E-state index is 12.0. The Morgan fingerprint density at radius 1 is 1.29 bits per heavy atom. The summed E-state index contributed by atoms with van der Waals surface area (Å²) in [5.74, 6) is 0.755. The SMILES string of the molecule is CC(C)(C)C(COc1ccccc1)OC(=O)n1ccnc1. The van der Waals surface area contributed by atoms with Crippen molar-refractivity contribution in [2.24, 2.45) is 5.41 Å². The lowest BCUT2D eigenvalue weighted by Gasteiger charge is -2.30. The first kappa shape index (κ1) is 15.1. The van der Waals surface area contributed by atoms with Crippen molar-refractivity contribution in [3.63, 3.8) is 0 Å². The van der Waals surface area contributed by atoms with E-state index < -0.39 is 6.09 Å². The summed E-state index contributed by atoms with van der Waals surface area (Å²) in [6.45, 7) is 6.32. The van der Waals surface area contributed by atoms with Crippen LogP contribution >= 0.6 is 0 Å². The van der Waals surface area contributed by atoms with Crippen LogP contribution in [0.4, 0.5) is 4.79 Å². The fourth-order valence-electron chi connectivity index (χ4n) is 1.70. The van der Waals surface area contributed by atoms with E-state index in [0.29, 0.717) is 6.61 Å². The largest absolute Gasteiger partial charge is 0.490 e. The lowest BCUT2D eigenvalue weighted by molar-refractivity contribution is 0.00210. The molecule has 0 aliphatic carbocycles. The summed E-state index contributed by atoms with van der Waals surface area (Å²) in [4.78, 5) is 15.9. The molecule has 112 valence electrons. The number of hydrogen-bond donors (Lipinski definition) is 0. The lowest BCUT2D eigenvalue weighted by Crippen LogP contribution is -2.37. The van der Waals surface area contributed by atoms with Gasteiger partial charge in [-0.3, -0.25) is 0 Å².